The Balaban J connectivity index is 1.65. The quantitative estimate of drug-likeness (QED) is 0.608. The average Bonchev–Trinajstić information content (AvgIpc) is 3.05. The zero-order chi connectivity index (χ0) is 17.8. The number of hydrogen-bond donors (Lipinski definition) is 1. The maximum absolute atomic E-state index is 5.43. The summed E-state index contributed by atoms with van der Waals surface area (Å²) in [5.41, 5.74) is 1.13. The number of nitrogens with zero attached hydrogens (tertiary/aromatic N) is 2. The summed E-state index contributed by atoms with van der Waals surface area (Å²) in [6.07, 6.45) is 5.53. The molecule has 25 heavy (non-hydrogen) atoms. The van der Waals surface area contributed by atoms with Gasteiger partial charge in [0, 0.05) is 26.7 Å². The fourth-order valence-electron chi connectivity index (χ4n) is 4.17. The predicted molar refractivity (Wildman–Crippen MR) is 104 cm³/mol. The Kier molecular flexibility index (Phi) is 6.10. The lowest BCUT2D eigenvalue weighted by Crippen LogP contribution is -2.39. The molecule has 0 radical (unpaired) electrons. The van der Waals surface area contributed by atoms with Gasteiger partial charge in [-0.15, -0.1) is 0 Å². The molecule has 0 aromatic heterocycles. The zero-order valence-electron chi connectivity index (χ0n) is 15.3. The van der Waals surface area contributed by atoms with Crippen molar-refractivity contribution < 1.29 is 9.47 Å². The van der Waals surface area contributed by atoms with Crippen molar-refractivity contribution in [2.45, 2.75) is 32.2 Å². The SMILES string of the molecule is CN=C(NCc1cc(Br)c(OC)c(OC)c1)N1CC2CCCCC2C1. The Morgan fingerprint density at radius 3 is 2.44 bits per heavy atom. The molecule has 0 amide bonds. The first kappa shape index (κ1) is 18.4. The van der Waals surface area contributed by atoms with Gasteiger partial charge < -0.3 is 19.7 Å². The van der Waals surface area contributed by atoms with Crippen LogP contribution in [0.2, 0.25) is 0 Å². The van der Waals surface area contributed by atoms with E-state index in [1.807, 2.05) is 13.1 Å². The summed E-state index contributed by atoms with van der Waals surface area (Å²) < 4.78 is 11.7. The van der Waals surface area contributed by atoms with Crippen molar-refractivity contribution in [3.63, 3.8) is 0 Å². The molecule has 0 bridgehead atoms. The number of rotatable bonds is 4. The molecule has 1 heterocycles. The Morgan fingerprint density at radius 2 is 1.88 bits per heavy atom. The normalized spacial score (nSPS) is 23.4. The van der Waals surface area contributed by atoms with Gasteiger partial charge in [-0.25, -0.2) is 0 Å². The van der Waals surface area contributed by atoms with E-state index in [0.717, 1.165) is 52.4 Å². The maximum atomic E-state index is 5.43. The van der Waals surface area contributed by atoms with Gasteiger partial charge in [0.05, 0.1) is 18.7 Å². The summed E-state index contributed by atoms with van der Waals surface area (Å²) in [6.45, 7) is 2.98. The third-order valence-corrected chi connectivity index (χ3v) is 6.02. The van der Waals surface area contributed by atoms with Crippen molar-refractivity contribution in [1.82, 2.24) is 10.2 Å². The van der Waals surface area contributed by atoms with E-state index in [2.05, 4.69) is 37.2 Å². The van der Waals surface area contributed by atoms with Crippen molar-refractivity contribution >= 4 is 21.9 Å². The van der Waals surface area contributed by atoms with Crippen molar-refractivity contribution in [1.29, 1.82) is 0 Å². The van der Waals surface area contributed by atoms with Gasteiger partial charge in [0.25, 0.3) is 0 Å². The van der Waals surface area contributed by atoms with Gasteiger partial charge in [0.1, 0.15) is 0 Å². The van der Waals surface area contributed by atoms with Crippen LogP contribution in [0.15, 0.2) is 21.6 Å². The molecule has 1 saturated carbocycles. The van der Waals surface area contributed by atoms with Crippen LogP contribution in [0.5, 0.6) is 11.5 Å². The summed E-state index contributed by atoms with van der Waals surface area (Å²) >= 11 is 3.56. The van der Waals surface area contributed by atoms with Gasteiger partial charge in [-0.3, -0.25) is 4.99 Å². The van der Waals surface area contributed by atoms with Crippen LogP contribution in [0.25, 0.3) is 0 Å². The molecule has 1 N–H and O–H groups in total. The molecule has 2 unspecified atom stereocenters. The van der Waals surface area contributed by atoms with E-state index >= 15 is 0 Å². The number of fused-ring (bicyclic) bond motifs is 1. The molecule has 2 atom stereocenters. The van der Waals surface area contributed by atoms with Crippen LogP contribution >= 0.6 is 15.9 Å². The summed E-state index contributed by atoms with van der Waals surface area (Å²) in [5, 5.41) is 3.51. The van der Waals surface area contributed by atoms with Gasteiger partial charge in [0.2, 0.25) is 0 Å². The van der Waals surface area contributed by atoms with Crippen molar-refractivity contribution in [2.24, 2.45) is 16.8 Å². The van der Waals surface area contributed by atoms with Crippen LogP contribution in [0.3, 0.4) is 0 Å². The first-order valence-corrected chi connectivity index (χ1v) is 9.81. The van der Waals surface area contributed by atoms with Gasteiger partial charge in [-0.2, -0.15) is 0 Å². The lowest BCUT2D eigenvalue weighted by Gasteiger charge is -2.22. The number of ether oxygens (including phenoxy) is 2. The summed E-state index contributed by atoms with van der Waals surface area (Å²) in [7, 11) is 5.18. The van der Waals surface area contributed by atoms with E-state index in [0.29, 0.717) is 6.54 Å². The van der Waals surface area contributed by atoms with E-state index < -0.39 is 0 Å². The highest BCUT2D eigenvalue weighted by Gasteiger charge is 2.35. The molecule has 1 aromatic carbocycles. The molecule has 1 aliphatic carbocycles. The molecule has 0 spiro atoms. The fourth-order valence-corrected chi connectivity index (χ4v) is 4.82. The van der Waals surface area contributed by atoms with Crippen LogP contribution in [0, 0.1) is 11.8 Å². The van der Waals surface area contributed by atoms with E-state index in [4.69, 9.17) is 9.47 Å². The van der Waals surface area contributed by atoms with Gasteiger partial charge in [-0.05, 0) is 58.3 Å². The first-order valence-electron chi connectivity index (χ1n) is 9.02. The van der Waals surface area contributed by atoms with Crippen molar-refractivity contribution in [3.8, 4) is 11.5 Å². The van der Waals surface area contributed by atoms with E-state index in [1.165, 1.54) is 25.7 Å². The monoisotopic (exact) mass is 409 g/mol. The van der Waals surface area contributed by atoms with Crippen molar-refractivity contribution in [2.75, 3.05) is 34.4 Å². The molecular weight excluding hydrogens is 382 g/mol. The van der Waals surface area contributed by atoms with E-state index in [1.54, 1.807) is 14.2 Å². The molecule has 3 rings (SSSR count). The smallest absolute Gasteiger partial charge is 0.193 e. The second-order valence-electron chi connectivity index (χ2n) is 6.92. The minimum atomic E-state index is 0.706. The minimum absolute atomic E-state index is 0.706. The number of benzene rings is 1. The van der Waals surface area contributed by atoms with E-state index in [9.17, 15) is 0 Å². The second-order valence-corrected chi connectivity index (χ2v) is 7.78. The van der Waals surface area contributed by atoms with Crippen LogP contribution < -0.4 is 14.8 Å². The molecule has 2 aliphatic rings. The molecule has 6 heteroatoms. The van der Waals surface area contributed by atoms with Gasteiger partial charge >= 0.3 is 0 Å². The first-order chi connectivity index (χ1) is 12.2. The minimum Gasteiger partial charge on any atom is -0.493 e. The van der Waals surface area contributed by atoms with Gasteiger partial charge in [0.15, 0.2) is 17.5 Å². The number of halogens is 1. The number of hydrogen-bond acceptors (Lipinski definition) is 3. The summed E-state index contributed by atoms with van der Waals surface area (Å²) in [6, 6.07) is 4.07. The molecule has 1 saturated heterocycles. The molecule has 1 aromatic rings. The molecule has 138 valence electrons. The zero-order valence-corrected chi connectivity index (χ0v) is 16.9. The Bertz CT molecular complexity index is 621. The maximum Gasteiger partial charge on any atom is 0.193 e. The van der Waals surface area contributed by atoms with E-state index in [-0.39, 0.29) is 0 Å². The lowest BCUT2D eigenvalue weighted by atomic mass is 9.82. The number of likely N-dealkylation sites (tertiary alicyclic amines) is 1. The molecule has 2 fully saturated rings. The largest absolute Gasteiger partial charge is 0.493 e. The fraction of sp³-hybridized carbons (Fsp3) is 0.632. The number of guanidine groups is 1. The molecule has 5 nitrogen and oxygen atoms in total. The summed E-state index contributed by atoms with van der Waals surface area (Å²) in [5.74, 6) is 4.15. The number of nitrogens with one attached hydrogen (secondary N) is 1. The molecular formula is C19H28BrN3O2. The number of aliphatic imine (C=N–C) groups is 1. The lowest BCUT2D eigenvalue weighted by molar-refractivity contribution is 0.299. The van der Waals surface area contributed by atoms with Crippen LogP contribution in [0.4, 0.5) is 0 Å². The van der Waals surface area contributed by atoms with Gasteiger partial charge in [-0.1, -0.05) is 12.8 Å². The Hall–Kier alpha value is -1.43. The predicted octanol–water partition coefficient (Wildman–Crippen LogP) is 3.66. The summed E-state index contributed by atoms with van der Waals surface area (Å²) in [4.78, 5) is 6.93. The highest BCUT2D eigenvalue weighted by molar-refractivity contribution is 9.10. The third kappa shape index (κ3) is 4.05. The van der Waals surface area contributed by atoms with Crippen molar-refractivity contribution in [3.05, 3.63) is 22.2 Å². The standard InChI is InChI=1S/C19H28BrN3O2/c1-21-19(23-11-14-6-4-5-7-15(14)12-23)22-10-13-8-16(20)18(25-3)17(9-13)24-2/h8-9,14-15H,4-7,10-12H2,1-3H3,(H,21,22). The van der Waals surface area contributed by atoms with Crippen LogP contribution in [0.1, 0.15) is 31.2 Å². The highest BCUT2D eigenvalue weighted by atomic mass is 79.9. The highest BCUT2D eigenvalue weighted by Crippen LogP contribution is 2.37. The number of methoxy groups -OCH3 is 2. The Morgan fingerprint density at radius 1 is 1.20 bits per heavy atom. The molecule has 1 aliphatic heterocycles. The van der Waals surface area contributed by atoms with Crippen LogP contribution in [-0.2, 0) is 6.54 Å². The third-order valence-electron chi connectivity index (χ3n) is 5.43. The topological polar surface area (TPSA) is 46.1 Å². The van der Waals surface area contributed by atoms with Crippen LogP contribution in [-0.4, -0.2) is 45.2 Å². The average molecular weight is 410 g/mol. The Labute approximate surface area is 158 Å². The second kappa shape index (κ2) is 8.30.